The molecule has 1 rings (SSSR count). The Hall–Kier alpha value is -0.160. The molecule has 0 spiro atoms. The molecule has 1 fully saturated rings. The number of rotatable bonds is 0. The first-order chi connectivity index (χ1) is 2.50. The Balaban J connectivity index is 2.08. The van der Waals surface area contributed by atoms with Gasteiger partial charge in [0.1, 0.15) is 0 Å². The van der Waals surface area contributed by atoms with Crippen LogP contribution in [0.2, 0.25) is 0 Å². The Morgan fingerprint density at radius 3 is 1.80 bits per heavy atom. The first-order valence-electron chi connectivity index (χ1n) is 1.08. The minimum Gasteiger partial charge on any atom is -0.172 e. The second kappa shape index (κ2) is 1.32. The van der Waals surface area contributed by atoms with E-state index in [9.17, 15) is 0 Å². The van der Waals surface area contributed by atoms with Gasteiger partial charge in [-0.1, -0.05) is 0 Å². The molecule has 1 saturated heterocycles. The Kier molecular flexibility index (Phi) is 0.806. The number of hydrogen-bond acceptors (Lipinski definition) is 4. The van der Waals surface area contributed by atoms with Gasteiger partial charge >= 0.3 is 0 Å². The van der Waals surface area contributed by atoms with Crippen LogP contribution < -0.4 is 0 Å². The number of hydrogen-bond donors (Lipinski definition) is 0. The Morgan fingerprint density at radius 1 is 1.00 bits per heavy atom. The van der Waals surface area contributed by atoms with Crippen molar-refractivity contribution in [3.8, 4) is 0 Å². The van der Waals surface area contributed by atoms with E-state index in [4.69, 9.17) is 0 Å². The topological polar surface area (TPSA) is 36.9 Å². The summed E-state index contributed by atoms with van der Waals surface area (Å²) >= 11 is 0. The average Bonchev–Trinajstić information content (AvgIpc) is 1.76. The summed E-state index contributed by atoms with van der Waals surface area (Å²) in [5.41, 5.74) is 0. The molecular formula is CH2O4. The van der Waals surface area contributed by atoms with Crippen LogP contribution in [0.15, 0.2) is 0 Å². The van der Waals surface area contributed by atoms with Crippen molar-refractivity contribution in [2.24, 2.45) is 0 Å². The van der Waals surface area contributed by atoms with Gasteiger partial charge in [-0.2, -0.15) is 9.78 Å². The summed E-state index contributed by atoms with van der Waals surface area (Å²) in [5, 5.41) is 7.44. The molecule has 0 N–H and O–H groups in total. The van der Waals surface area contributed by atoms with Crippen molar-refractivity contribution in [2.45, 2.75) is 0 Å². The summed E-state index contributed by atoms with van der Waals surface area (Å²) < 4.78 is 0. The van der Waals surface area contributed by atoms with E-state index in [1.165, 1.54) is 0 Å². The normalized spacial score (nSPS) is 24.0. The summed E-state index contributed by atoms with van der Waals surface area (Å²) in [4.78, 5) is 8.00. The summed E-state index contributed by atoms with van der Waals surface area (Å²) in [5.74, 6) is 0. The minimum absolute atomic E-state index is 0.0556. The van der Waals surface area contributed by atoms with Crippen molar-refractivity contribution in [3.05, 3.63) is 0 Å². The largest absolute Gasteiger partial charge is 0.221 e. The molecule has 0 atom stereocenters. The highest BCUT2D eigenvalue weighted by molar-refractivity contribution is 3.73. The van der Waals surface area contributed by atoms with Crippen LogP contribution in [0.1, 0.15) is 0 Å². The van der Waals surface area contributed by atoms with Gasteiger partial charge in [0.2, 0.25) is 6.79 Å². The van der Waals surface area contributed by atoms with Crippen molar-refractivity contribution in [3.63, 3.8) is 0 Å². The highest BCUT2D eigenvalue weighted by Gasteiger charge is 1.97. The van der Waals surface area contributed by atoms with Gasteiger partial charge < -0.3 is 0 Å². The van der Waals surface area contributed by atoms with E-state index in [2.05, 4.69) is 19.9 Å². The van der Waals surface area contributed by atoms with E-state index in [0.717, 1.165) is 0 Å². The second-order valence-corrected chi connectivity index (χ2v) is 0.490. The van der Waals surface area contributed by atoms with Gasteiger partial charge in [-0.05, 0) is 10.1 Å². The summed E-state index contributed by atoms with van der Waals surface area (Å²) in [6, 6.07) is 0. The van der Waals surface area contributed by atoms with Crippen LogP contribution in [0.25, 0.3) is 0 Å². The summed E-state index contributed by atoms with van der Waals surface area (Å²) in [6.45, 7) is 0.0556. The monoisotopic (exact) mass is 78.0 g/mol. The lowest BCUT2D eigenvalue weighted by molar-refractivity contribution is -0.532. The third-order valence-electron chi connectivity index (χ3n) is 0.220. The van der Waals surface area contributed by atoms with Gasteiger partial charge in [0, 0.05) is 0 Å². The Bertz CT molecular complexity index is 15.2. The molecule has 5 heavy (non-hydrogen) atoms. The van der Waals surface area contributed by atoms with Crippen LogP contribution in [0.3, 0.4) is 0 Å². The van der Waals surface area contributed by atoms with Crippen LogP contribution >= 0.6 is 0 Å². The van der Waals surface area contributed by atoms with E-state index >= 15 is 0 Å². The van der Waals surface area contributed by atoms with Gasteiger partial charge in [0.15, 0.2) is 0 Å². The molecular weight excluding hydrogens is 76.0 g/mol. The molecule has 1 aliphatic heterocycles. The van der Waals surface area contributed by atoms with Crippen molar-refractivity contribution < 1.29 is 19.9 Å². The van der Waals surface area contributed by atoms with Crippen LogP contribution in [0, 0.1) is 0 Å². The zero-order valence-corrected chi connectivity index (χ0v) is 2.34. The van der Waals surface area contributed by atoms with Gasteiger partial charge in [-0.3, -0.25) is 0 Å². The molecule has 0 bridgehead atoms. The molecule has 1 aliphatic rings. The predicted molar refractivity (Wildman–Crippen MR) is 9.21 cm³/mol. The van der Waals surface area contributed by atoms with Crippen molar-refractivity contribution in [2.75, 3.05) is 6.79 Å². The molecule has 0 saturated carbocycles. The van der Waals surface area contributed by atoms with Gasteiger partial charge in [-0.25, -0.2) is 0 Å². The lowest BCUT2D eigenvalue weighted by atomic mass is 11.5. The average molecular weight is 78.0 g/mol. The first-order valence-corrected chi connectivity index (χ1v) is 1.08. The first kappa shape index (κ1) is 3.05. The van der Waals surface area contributed by atoms with Crippen LogP contribution in [0.4, 0.5) is 0 Å². The molecule has 1 heterocycles. The van der Waals surface area contributed by atoms with Gasteiger partial charge in [-0.15, -0.1) is 0 Å². The van der Waals surface area contributed by atoms with Crippen LogP contribution in [-0.4, -0.2) is 6.79 Å². The highest BCUT2D eigenvalue weighted by Crippen LogP contribution is 1.91. The predicted octanol–water partition coefficient (Wildman–Crippen LogP) is -0.231. The molecule has 4 heteroatoms. The molecule has 4 nitrogen and oxygen atoms in total. The molecule has 0 aliphatic carbocycles. The molecule has 0 amide bonds. The molecule has 0 radical (unpaired) electrons. The van der Waals surface area contributed by atoms with E-state index in [0.29, 0.717) is 0 Å². The van der Waals surface area contributed by atoms with Crippen molar-refractivity contribution in [1.29, 1.82) is 0 Å². The zero-order valence-electron chi connectivity index (χ0n) is 2.34. The highest BCUT2D eigenvalue weighted by atomic mass is 17.7. The molecule has 0 aromatic carbocycles. The maximum atomic E-state index is 4.00. The van der Waals surface area contributed by atoms with E-state index in [1.807, 2.05) is 0 Å². The van der Waals surface area contributed by atoms with Crippen LogP contribution in [-0.2, 0) is 19.9 Å². The fraction of sp³-hybridized carbons (Fsp3) is 1.00. The third-order valence-corrected chi connectivity index (χ3v) is 0.220. The standard InChI is InChI=1S/CH2O4/c1-2-4-5-3-1/h1H2. The van der Waals surface area contributed by atoms with Gasteiger partial charge in [0.25, 0.3) is 0 Å². The Morgan fingerprint density at radius 2 is 1.60 bits per heavy atom. The smallest absolute Gasteiger partial charge is 0.172 e. The SMILES string of the molecule is C1OOOO1. The van der Waals surface area contributed by atoms with E-state index in [-0.39, 0.29) is 6.79 Å². The van der Waals surface area contributed by atoms with Crippen molar-refractivity contribution in [1.82, 2.24) is 0 Å². The maximum absolute atomic E-state index is 4.00. The zero-order chi connectivity index (χ0) is 3.54. The summed E-state index contributed by atoms with van der Waals surface area (Å²) in [7, 11) is 0. The quantitative estimate of drug-likeness (QED) is 0.375. The minimum atomic E-state index is 0.0556. The molecule has 0 aromatic rings. The molecule has 0 unspecified atom stereocenters. The molecule has 0 aromatic heterocycles. The lowest BCUT2D eigenvalue weighted by Gasteiger charge is -1.69. The summed E-state index contributed by atoms with van der Waals surface area (Å²) in [6.07, 6.45) is 0. The molecule has 30 valence electrons. The van der Waals surface area contributed by atoms with E-state index < -0.39 is 0 Å². The fourth-order valence-corrected chi connectivity index (χ4v) is 0.0982. The van der Waals surface area contributed by atoms with Crippen molar-refractivity contribution >= 4 is 0 Å². The van der Waals surface area contributed by atoms with Gasteiger partial charge in [0.05, 0.1) is 0 Å². The Labute approximate surface area is 28.0 Å². The van der Waals surface area contributed by atoms with E-state index in [1.54, 1.807) is 0 Å². The van der Waals surface area contributed by atoms with Crippen LogP contribution in [0.5, 0.6) is 0 Å². The third kappa shape index (κ3) is 0.555. The maximum Gasteiger partial charge on any atom is 0.221 e. The fourth-order valence-electron chi connectivity index (χ4n) is 0.0982. The second-order valence-electron chi connectivity index (χ2n) is 0.490. The lowest BCUT2D eigenvalue weighted by Crippen LogP contribution is -1.74.